The molecule has 0 spiro atoms. The Labute approximate surface area is 195 Å². The second-order valence-corrected chi connectivity index (χ2v) is 8.74. The van der Waals surface area contributed by atoms with Gasteiger partial charge in [0, 0.05) is 43.5 Å². The van der Waals surface area contributed by atoms with Crippen molar-refractivity contribution in [1.82, 2.24) is 9.80 Å². The summed E-state index contributed by atoms with van der Waals surface area (Å²) >= 11 is 0. The number of ether oxygens (including phenoxy) is 2. The molecule has 4 rings (SSSR count). The third-order valence-corrected chi connectivity index (χ3v) is 6.52. The molecule has 0 aromatic heterocycles. The van der Waals surface area contributed by atoms with Gasteiger partial charge >= 0.3 is 0 Å². The highest BCUT2D eigenvalue weighted by Gasteiger charge is 2.38. The van der Waals surface area contributed by atoms with E-state index in [0.29, 0.717) is 30.2 Å². The number of carbonyl (C=O) groups excluding carboxylic acids is 2. The Morgan fingerprint density at radius 2 is 1.94 bits per heavy atom. The van der Waals surface area contributed by atoms with Gasteiger partial charge in [0.2, 0.25) is 5.91 Å². The summed E-state index contributed by atoms with van der Waals surface area (Å²) in [5, 5.41) is 3.02. The highest BCUT2D eigenvalue weighted by Crippen LogP contribution is 2.29. The number of carbonyl (C=O) groups is 2. The van der Waals surface area contributed by atoms with Crippen molar-refractivity contribution in [2.45, 2.75) is 32.9 Å². The average Bonchev–Trinajstić information content (AvgIpc) is 3.16. The fourth-order valence-corrected chi connectivity index (χ4v) is 4.43. The van der Waals surface area contributed by atoms with E-state index in [1.807, 2.05) is 62.4 Å². The monoisotopic (exact) mass is 451 g/mol. The molecule has 0 saturated carbocycles. The fourth-order valence-electron chi connectivity index (χ4n) is 4.43. The first-order valence-corrected chi connectivity index (χ1v) is 11.8. The van der Waals surface area contributed by atoms with Gasteiger partial charge in [0.1, 0.15) is 18.4 Å². The van der Waals surface area contributed by atoms with Gasteiger partial charge in [-0.15, -0.1) is 0 Å². The molecule has 7 heteroatoms. The Morgan fingerprint density at radius 1 is 1.15 bits per heavy atom. The van der Waals surface area contributed by atoms with Crippen LogP contribution < -0.4 is 10.1 Å². The van der Waals surface area contributed by atoms with Crippen molar-refractivity contribution in [3.8, 4) is 5.75 Å². The van der Waals surface area contributed by atoms with E-state index in [4.69, 9.17) is 9.47 Å². The van der Waals surface area contributed by atoms with Crippen LogP contribution in [0.2, 0.25) is 0 Å². The van der Waals surface area contributed by atoms with Crippen LogP contribution in [0.15, 0.2) is 48.5 Å². The predicted octanol–water partition coefficient (Wildman–Crippen LogP) is 3.41. The quantitative estimate of drug-likeness (QED) is 0.633. The molecule has 1 saturated heterocycles. The Morgan fingerprint density at radius 3 is 2.70 bits per heavy atom. The molecule has 176 valence electrons. The van der Waals surface area contributed by atoms with E-state index in [9.17, 15) is 9.59 Å². The van der Waals surface area contributed by atoms with Crippen LogP contribution in [-0.4, -0.2) is 67.1 Å². The minimum Gasteiger partial charge on any atom is -0.492 e. The average molecular weight is 452 g/mol. The Hall–Kier alpha value is -2.90. The molecule has 2 heterocycles. The lowest BCUT2D eigenvalue weighted by molar-refractivity contribution is -0.122. The SMILES string of the molecule is CC[C@@H](C)[C@H](C(=O)Nc1cccc(OCCN2CCOCC2)c1)N1Cc2ccccc2C1=O. The van der Waals surface area contributed by atoms with Crippen molar-refractivity contribution in [3.05, 3.63) is 59.7 Å². The summed E-state index contributed by atoms with van der Waals surface area (Å²) in [6.07, 6.45) is 0.795. The molecule has 33 heavy (non-hydrogen) atoms. The lowest BCUT2D eigenvalue weighted by atomic mass is 9.96. The maximum atomic E-state index is 13.4. The van der Waals surface area contributed by atoms with Crippen molar-refractivity contribution >= 4 is 17.5 Å². The van der Waals surface area contributed by atoms with E-state index in [2.05, 4.69) is 10.2 Å². The molecule has 0 bridgehead atoms. The zero-order chi connectivity index (χ0) is 23.2. The number of rotatable bonds is 9. The number of anilines is 1. The number of nitrogens with zero attached hydrogens (tertiary/aromatic N) is 2. The van der Waals surface area contributed by atoms with E-state index < -0.39 is 6.04 Å². The predicted molar refractivity (Wildman–Crippen MR) is 127 cm³/mol. The standard InChI is InChI=1S/C26H33N3O4/c1-3-19(2)24(29-18-20-7-4-5-10-23(20)26(29)31)25(30)27-21-8-6-9-22(17-21)33-16-13-28-11-14-32-15-12-28/h4-10,17,19,24H,3,11-16,18H2,1-2H3,(H,27,30)/t19-,24-/m1/s1. The van der Waals surface area contributed by atoms with Crippen LogP contribution in [0.5, 0.6) is 5.75 Å². The van der Waals surface area contributed by atoms with Crippen molar-refractivity contribution in [3.63, 3.8) is 0 Å². The first-order valence-electron chi connectivity index (χ1n) is 11.8. The summed E-state index contributed by atoms with van der Waals surface area (Å²) < 4.78 is 11.3. The maximum Gasteiger partial charge on any atom is 0.255 e. The third-order valence-electron chi connectivity index (χ3n) is 6.52. The van der Waals surface area contributed by atoms with Crippen molar-refractivity contribution < 1.29 is 19.1 Å². The van der Waals surface area contributed by atoms with E-state index >= 15 is 0 Å². The molecule has 1 N–H and O–H groups in total. The van der Waals surface area contributed by atoms with Crippen molar-refractivity contribution in [2.24, 2.45) is 5.92 Å². The largest absolute Gasteiger partial charge is 0.492 e. The summed E-state index contributed by atoms with van der Waals surface area (Å²) in [6, 6.07) is 14.5. The van der Waals surface area contributed by atoms with Crippen LogP contribution in [0.3, 0.4) is 0 Å². The van der Waals surface area contributed by atoms with Crippen LogP contribution in [0.1, 0.15) is 36.2 Å². The van der Waals surface area contributed by atoms with Crippen molar-refractivity contribution in [1.29, 1.82) is 0 Å². The molecular formula is C26H33N3O4. The zero-order valence-corrected chi connectivity index (χ0v) is 19.5. The number of benzene rings is 2. The number of morpholine rings is 1. The summed E-state index contributed by atoms with van der Waals surface area (Å²) in [4.78, 5) is 30.4. The van der Waals surface area contributed by atoms with E-state index in [-0.39, 0.29) is 17.7 Å². The molecule has 0 aliphatic carbocycles. The van der Waals surface area contributed by atoms with Gasteiger partial charge in [-0.3, -0.25) is 14.5 Å². The minimum atomic E-state index is -0.541. The van der Waals surface area contributed by atoms with Crippen LogP contribution in [0.4, 0.5) is 5.69 Å². The summed E-state index contributed by atoms with van der Waals surface area (Å²) in [5.41, 5.74) is 2.33. The highest BCUT2D eigenvalue weighted by molar-refractivity contribution is 6.03. The summed E-state index contributed by atoms with van der Waals surface area (Å²) in [6.45, 7) is 9.33. The van der Waals surface area contributed by atoms with Gasteiger partial charge in [0.15, 0.2) is 0 Å². The zero-order valence-electron chi connectivity index (χ0n) is 19.5. The summed E-state index contributed by atoms with van der Waals surface area (Å²) in [7, 11) is 0. The molecule has 2 aliphatic heterocycles. The summed E-state index contributed by atoms with van der Waals surface area (Å²) in [5.74, 6) is 0.490. The highest BCUT2D eigenvalue weighted by atomic mass is 16.5. The number of fused-ring (bicyclic) bond motifs is 1. The molecular weight excluding hydrogens is 418 g/mol. The van der Waals surface area contributed by atoms with Crippen molar-refractivity contribution in [2.75, 3.05) is 44.8 Å². The Balaban J connectivity index is 1.40. The molecule has 2 amide bonds. The lowest BCUT2D eigenvalue weighted by Crippen LogP contribution is -2.48. The second kappa shape index (κ2) is 10.8. The van der Waals surface area contributed by atoms with Gasteiger partial charge in [-0.1, -0.05) is 44.5 Å². The second-order valence-electron chi connectivity index (χ2n) is 8.74. The van der Waals surface area contributed by atoms with Gasteiger partial charge in [0.05, 0.1) is 13.2 Å². The topological polar surface area (TPSA) is 71.1 Å². The van der Waals surface area contributed by atoms with E-state index in [1.54, 1.807) is 4.90 Å². The molecule has 2 aromatic carbocycles. The Bertz CT molecular complexity index is 974. The first kappa shape index (κ1) is 23.3. The van der Waals surface area contributed by atoms with E-state index in [0.717, 1.165) is 44.8 Å². The first-order chi connectivity index (χ1) is 16.1. The van der Waals surface area contributed by atoms with Gasteiger partial charge < -0.3 is 19.7 Å². The molecule has 2 aliphatic rings. The smallest absolute Gasteiger partial charge is 0.255 e. The van der Waals surface area contributed by atoms with Crippen LogP contribution >= 0.6 is 0 Å². The third kappa shape index (κ3) is 5.54. The molecule has 2 aromatic rings. The minimum absolute atomic E-state index is 0.0243. The number of amides is 2. The molecule has 2 atom stereocenters. The normalized spacial score (nSPS) is 18.0. The van der Waals surface area contributed by atoms with Crippen LogP contribution in [0.25, 0.3) is 0 Å². The number of hydrogen-bond donors (Lipinski definition) is 1. The number of hydrogen-bond acceptors (Lipinski definition) is 5. The molecule has 1 fully saturated rings. The van der Waals surface area contributed by atoms with Crippen LogP contribution in [0, 0.1) is 5.92 Å². The maximum absolute atomic E-state index is 13.4. The molecule has 0 radical (unpaired) electrons. The molecule has 0 unspecified atom stereocenters. The Kier molecular flexibility index (Phi) is 7.62. The van der Waals surface area contributed by atoms with Gasteiger partial charge in [-0.25, -0.2) is 0 Å². The molecule has 7 nitrogen and oxygen atoms in total. The lowest BCUT2D eigenvalue weighted by Gasteiger charge is -2.31. The van der Waals surface area contributed by atoms with Crippen LogP contribution in [-0.2, 0) is 16.1 Å². The van der Waals surface area contributed by atoms with Gasteiger partial charge in [-0.2, -0.15) is 0 Å². The number of nitrogens with one attached hydrogen (secondary N) is 1. The van der Waals surface area contributed by atoms with Gasteiger partial charge in [-0.05, 0) is 29.7 Å². The fraction of sp³-hybridized carbons (Fsp3) is 0.462. The van der Waals surface area contributed by atoms with Gasteiger partial charge in [0.25, 0.3) is 5.91 Å². The van der Waals surface area contributed by atoms with E-state index in [1.165, 1.54) is 0 Å².